The molecular weight excluding hydrogens is 861 g/mol. The number of nitrogens with zero attached hydrogens (tertiary/aromatic N) is 2. The molecule has 4 nitrogen and oxygen atoms in total. The Hall–Kier alpha value is -8.44. The van der Waals surface area contributed by atoms with Crippen LogP contribution in [0.25, 0.3) is 66.1 Å². The first-order valence-electron chi connectivity index (χ1n) is 24.2. The van der Waals surface area contributed by atoms with E-state index in [9.17, 15) is 0 Å². The SMILES string of the molecule is C/C=C/C=C\C=C/N.C=C(C)/C=C\C=C/C.C=C(C)/C=C\C=C/C.Cc1ccc(-n2c3ccccc3c3cc(-c4ccc5c(c4)c4ccccc4n5-c4ccc(C(N)c5ccccc5)cc4)ccc32)cc1. The summed E-state index contributed by atoms with van der Waals surface area (Å²) in [6.45, 7) is 19.4. The van der Waals surface area contributed by atoms with Crippen molar-refractivity contribution in [2.45, 2.75) is 47.6 Å². The Labute approximate surface area is 422 Å². The van der Waals surface area contributed by atoms with Gasteiger partial charge < -0.3 is 20.6 Å². The van der Waals surface area contributed by atoms with Gasteiger partial charge in [0.25, 0.3) is 0 Å². The molecule has 0 amide bonds. The van der Waals surface area contributed by atoms with E-state index < -0.39 is 0 Å². The molecule has 0 bridgehead atoms. The van der Waals surface area contributed by atoms with Gasteiger partial charge in [-0.3, -0.25) is 0 Å². The first-order valence-corrected chi connectivity index (χ1v) is 24.2. The predicted octanol–water partition coefficient (Wildman–Crippen LogP) is 17.9. The minimum Gasteiger partial charge on any atom is -0.405 e. The number of hydrogen-bond acceptors (Lipinski definition) is 2. The molecule has 9 rings (SSSR count). The van der Waals surface area contributed by atoms with Crippen molar-refractivity contribution in [3.63, 3.8) is 0 Å². The Morgan fingerprint density at radius 2 is 0.831 bits per heavy atom. The molecular formula is C67H68N4. The maximum atomic E-state index is 6.63. The third-order valence-corrected chi connectivity index (χ3v) is 11.6. The van der Waals surface area contributed by atoms with E-state index in [0.29, 0.717) is 0 Å². The molecule has 356 valence electrons. The Kier molecular flexibility index (Phi) is 19.3. The second kappa shape index (κ2) is 26.4. The molecule has 9 aromatic rings. The highest BCUT2D eigenvalue weighted by Crippen LogP contribution is 2.38. The van der Waals surface area contributed by atoms with E-state index in [1.807, 2.05) is 126 Å². The number of rotatable bonds is 11. The van der Waals surface area contributed by atoms with Crippen LogP contribution in [0.4, 0.5) is 0 Å². The van der Waals surface area contributed by atoms with Crippen molar-refractivity contribution >= 4 is 43.6 Å². The van der Waals surface area contributed by atoms with E-state index in [-0.39, 0.29) is 6.04 Å². The minimum atomic E-state index is -0.158. The molecule has 0 aliphatic rings. The van der Waals surface area contributed by atoms with Crippen LogP contribution < -0.4 is 11.5 Å². The third-order valence-electron chi connectivity index (χ3n) is 11.6. The highest BCUT2D eigenvalue weighted by molar-refractivity contribution is 6.12. The molecule has 0 aliphatic heterocycles. The number of benzene rings is 7. The lowest BCUT2D eigenvalue weighted by Gasteiger charge is -2.14. The molecule has 0 saturated heterocycles. The second-order valence-electron chi connectivity index (χ2n) is 17.2. The van der Waals surface area contributed by atoms with Crippen LogP contribution in [-0.4, -0.2) is 9.13 Å². The van der Waals surface area contributed by atoms with Gasteiger partial charge in [-0.1, -0.05) is 206 Å². The van der Waals surface area contributed by atoms with Crippen molar-refractivity contribution in [1.82, 2.24) is 9.13 Å². The molecule has 7 aromatic carbocycles. The quantitative estimate of drug-likeness (QED) is 0.127. The summed E-state index contributed by atoms with van der Waals surface area (Å²) in [6.07, 6.45) is 26.8. The van der Waals surface area contributed by atoms with Crippen molar-refractivity contribution in [3.05, 3.63) is 290 Å². The van der Waals surface area contributed by atoms with Crippen LogP contribution in [0.5, 0.6) is 0 Å². The lowest BCUT2D eigenvalue weighted by atomic mass is 9.99. The Morgan fingerprint density at radius 1 is 0.437 bits per heavy atom. The Morgan fingerprint density at radius 3 is 1.28 bits per heavy atom. The maximum absolute atomic E-state index is 6.63. The normalized spacial score (nSPS) is 12.2. The summed E-state index contributed by atoms with van der Waals surface area (Å²) in [7, 11) is 0. The zero-order valence-corrected chi connectivity index (χ0v) is 42.2. The van der Waals surface area contributed by atoms with E-state index in [1.165, 1.54) is 72.2 Å². The van der Waals surface area contributed by atoms with E-state index in [0.717, 1.165) is 28.0 Å². The van der Waals surface area contributed by atoms with Crippen molar-refractivity contribution < 1.29 is 0 Å². The van der Waals surface area contributed by atoms with Gasteiger partial charge in [0.1, 0.15) is 0 Å². The number of hydrogen-bond donors (Lipinski definition) is 2. The highest BCUT2D eigenvalue weighted by atomic mass is 15.0. The van der Waals surface area contributed by atoms with Crippen molar-refractivity contribution in [2.24, 2.45) is 11.5 Å². The summed E-state index contributed by atoms with van der Waals surface area (Å²) >= 11 is 0. The number of nitrogens with two attached hydrogens (primary N) is 2. The lowest BCUT2D eigenvalue weighted by Crippen LogP contribution is -2.11. The molecule has 0 fully saturated rings. The van der Waals surface area contributed by atoms with Gasteiger partial charge in [0.2, 0.25) is 0 Å². The minimum absolute atomic E-state index is 0.158. The summed E-state index contributed by atoms with van der Waals surface area (Å²) in [4.78, 5) is 0. The zero-order chi connectivity index (χ0) is 50.5. The first-order chi connectivity index (χ1) is 34.6. The fourth-order valence-corrected chi connectivity index (χ4v) is 8.20. The van der Waals surface area contributed by atoms with Gasteiger partial charge in [0, 0.05) is 32.9 Å². The van der Waals surface area contributed by atoms with Crippen LogP contribution >= 0.6 is 0 Å². The van der Waals surface area contributed by atoms with E-state index >= 15 is 0 Å². The zero-order valence-electron chi connectivity index (χ0n) is 42.2. The van der Waals surface area contributed by atoms with Gasteiger partial charge in [-0.05, 0) is 137 Å². The summed E-state index contributed by atoms with van der Waals surface area (Å²) in [6, 6.07) is 58.8. The molecule has 1 atom stereocenters. The van der Waals surface area contributed by atoms with Gasteiger partial charge in [0.15, 0.2) is 0 Å². The van der Waals surface area contributed by atoms with Crippen LogP contribution in [0.15, 0.2) is 273 Å². The molecule has 2 heterocycles. The van der Waals surface area contributed by atoms with Crippen molar-refractivity contribution in [1.29, 1.82) is 0 Å². The number of para-hydroxylation sites is 2. The number of aryl methyl sites for hydroxylation is 1. The summed E-state index contributed by atoms with van der Waals surface area (Å²) in [5.74, 6) is 0. The molecule has 4 heteroatoms. The molecule has 71 heavy (non-hydrogen) atoms. The topological polar surface area (TPSA) is 61.9 Å². The fraction of sp³-hybridized carbons (Fsp3) is 0.104. The smallest absolute Gasteiger partial charge is 0.0551 e. The molecule has 4 N–H and O–H groups in total. The monoisotopic (exact) mass is 929 g/mol. The van der Waals surface area contributed by atoms with Crippen molar-refractivity contribution in [3.8, 4) is 22.5 Å². The first kappa shape index (κ1) is 51.9. The molecule has 0 saturated carbocycles. The summed E-state index contributed by atoms with van der Waals surface area (Å²) < 4.78 is 4.74. The van der Waals surface area contributed by atoms with Gasteiger partial charge in [0.05, 0.1) is 28.1 Å². The van der Waals surface area contributed by atoms with Crippen LogP contribution in [0.3, 0.4) is 0 Å². The van der Waals surface area contributed by atoms with Crippen LogP contribution in [-0.2, 0) is 0 Å². The standard InChI is InChI=1S/C44H33N3.2C8H12.C7H11N/c1-29-15-21-34(22-16-29)46-40-13-7-5-11-36(40)38-27-32(19-25-42(38)46)33-20-26-43-39(28-33)37-12-6-8-14-41(37)47(43)35-23-17-31(18-24-35)44(45)30-9-3-2-4-10-30;2*1-4-5-6-7-8(2)3;1-2-3-4-5-6-7-8/h2-28,44H,45H2,1H3;2*4-7H,2H2,1,3H3;2-7H,8H2,1H3/b;2*5-4-,7-6-;3-2+,5-4-,7-6-. The third kappa shape index (κ3) is 13.6. The van der Waals surface area contributed by atoms with E-state index in [1.54, 1.807) is 6.08 Å². The largest absolute Gasteiger partial charge is 0.405 e. The van der Waals surface area contributed by atoms with Gasteiger partial charge >= 0.3 is 0 Å². The van der Waals surface area contributed by atoms with Crippen molar-refractivity contribution in [2.75, 3.05) is 0 Å². The van der Waals surface area contributed by atoms with Crippen LogP contribution in [0.2, 0.25) is 0 Å². The summed E-state index contributed by atoms with van der Waals surface area (Å²) in [5.41, 5.74) is 26.9. The Bertz CT molecular complexity index is 3350. The molecule has 1 unspecified atom stereocenters. The number of fused-ring (bicyclic) bond motifs is 6. The highest BCUT2D eigenvalue weighted by Gasteiger charge is 2.17. The van der Waals surface area contributed by atoms with Crippen LogP contribution in [0.1, 0.15) is 57.4 Å². The maximum Gasteiger partial charge on any atom is 0.0551 e. The van der Waals surface area contributed by atoms with Gasteiger partial charge in [-0.2, -0.15) is 0 Å². The predicted molar refractivity (Wildman–Crippen MR) is 313 cm³/mol. The molecule has 0 aliphatic carbocycles. The molecule has 0 radical (unpaired) electrons. The van der Waals surface area contributed by atoms with E-state index in [4.69, 9.17) is 11.5 Å². The number of allylic oxidation sites excluding steroid dienone is 15. The van der Waals surface area contributed by atoms with Gasteiger partial charge in [-0.15, -0.1) is 0 Å². The second-order valence-corrected chi connectivity index (χ2v) is 17.2. The average Bonchev–Trinajstić information content (AvgIpc) is 3.91. The fourth-order valence-electron chi connectivity index (χ4n) is 8.20. The molecule has 0 spiro atoms. The summed E-state index contributed by atoms with van der Waals surface area (Å²) in [5, 5.41) is 5.00. The van der Waals surface area contributed by atoms with Crippen LogP contribution in [0, 0.1) is 6.92 Å². The average molecular weight is 929 g/mol. The van der Waals surface area contributed by atoms with Gasteiger partial charge in [-0.25, -0.2) is 0 Å². The number of aromatic nitrogens is 2. The Balaban J connectivity index is 0.000000285. The lowest BCUT2D eigenvalue weighted by molar-refractivity contribution is 0.870. The molecule has 2 aromatic heterocycles. The van der Waals surface area contributed by atoms with E-state index in [2.05, 4.69) is 175 Å².